The van der Waals surface area contributed by atoms with Crippen molar-refractivity contribution in [1.29, 1.82) is 5.26 Å². The van der Waals surface area contributed by atoms with Crippen LogP contribution in [0.4, 0.5) is 5.69 Å². The maximum atomic E-state index is 12.2. The summed E-state index contributed by atoms with van der Waals surface area (Å²) in [5.41, 5.74) is -0.529. The number of hydrogen-bond donors (Lipinski definition) is 3. The molecule has 0 amide bonds. The molecule has 0 radical (unpaired) electrons. The molecule has 0 spiro atoms. The van der Waals surface area contributed by atoms with Crippen LogP contribution in [0.3, 0.4) is 0 Å². The van der Waals surface area contributed by atoms with Crippen molar-refractivity contribution in [2.45, 2.75) is 5.03 Å². The van der Waals surface area contributed by atoms with Gasteiger partial charge >= 0.3 is 5.97 Å². The molecule has 21 heavy (non-hydrogen) atoms. The Bertz CT molecular complexity index is 853. The smallest absolute Gasteiger partial charge is 0.340 e. The van der Waals surface area contributed by atoms with Gasteiger partial charge in [-0.25, -0.2) is 4.79 Å². The number of halogens is 1. The summed E-state index contributed by atoms with van der Waals surface area (Å²) in [6.07, 6.45) is 0.875. The minimum Gasteiger partial charge on any atom is -0.478 e. The molecule has 1 aromatic heterocycles. The first-order valence-corrected chi connectivity index (χ1v) is 7.20. The summed E-state index contributed by atoms with van der Waals surface area (Å²) < 4.78 is 26.4. The second-order valence-corrected chi connectivity index (χ2v) is 5.88. The molecule has 0 atom stereocenters. The number of carboxylic acids is 1. The summed E-state index contributed by atoms with van der Waals surface area (Å²) >= 11 is 5.75. The van der Waals surface area contributed by atoms with Crippen LogP contribution in [0, 0.1) is 11.3 Å². The summed E-state index contributed by atoms with van der Waals surface area (Å²) in [5, 5.41) is 22.9. The van der Waals surface area contributed by atoms with Gasteiger partial charge in [0, 0.05) is 5.02 Å². The van der Waals surface area contributed by atoms with E-state index in [1.807, 2.05) is 0 Å². The van der Waals surface area contributed by atoms with E-state index in [4.69, 9.17) is 22.0 Å². The van der Waals surface area contributed by atoms with Crippen LogP contribution in [0.1, 0.15) is 15.9 Å². The number of sulfonamides is 1. The number of H-pyrrole nitrogens is 1. The van der Waals surface area contributed by atoms with Gasteiger partial charge in [-0.15, -0.1) is 0 Å². The lowest BCUT2D eigenvalue weighted by molar-refractivity contribution is 0.0692. The average Bonchev–Trinajstić information content (AvgIpc) is 2.88. The van der Waals surface area contributed by atoms with E-state index >= 15 is 0 Å². The van der Waals surface area contributed by atoms with Crippen LogP contribution < -0.4 is 4.72 Å². The highest BCUT2D eigenvalue weighted by molar-refractivity contribution is 7.92. The molecule has 2 aromatic rings. The van der Waals surface area contributed by atoms with E-state index in [0.717, 1.165) is 6.20 Å². The SMILES string of the molecule is N#Cc1ccc(Cl)cc1NS(=O)(=O)c1[nH]ncc1C(=O)O. The number of aromatic amines is 1. The lowest BCUT2D eigenvalue weighted by atomic mass is 10.2. The highest BCUT2D eigenvalue weighted by atomic mass is 35.5. The van der Waals surface area contributed by atoms with Gasteiger partial charge in [0.2, 0.25) is 0 Å². The highest BCUT2D eigenvalue weighted by Gasteiger charge is 2.25. The summed E-state index contributed by atoms with van der Waals surface area (Å²) in [6.45, 7) is 0. The van der Waals surface area contributed by atoms with Crippen LogP contribution in [0.15, 0.2) is 29.4 Å². The number of anilines is 1. The molecule has 0 fully saturated rings. The molecule has 1 aromatic carbocycles. The van der Waals surface area contributed by atoms with Crippen molar-refractivity contribution in [3.63, 3.8) is 0 Å². The van der Waals surface area contributed by atoms with Crippen LogP contribution in [-0.4, -0.2) is 29.7 Å². The maximum Gasteiger partial charge on any atom is 0.340 e. The molecule has 0 bridgehead atoms. The molecular weight excluding hydrogens is 320 g/mol. The number of carboxylic acid groups (broad SMARTS) is 1. The quantitative estimate of drug-likeness (QED) is 0.777. The van der Waals surface area contributed by atoms with Gasteiger partial charge < -0.3 is 5.11 Å². The zero-order valence-electron chi connectivity index (χ0n) is 10.2. The first kappa shape index (κ1) is 14.8. The van der Waals surface area contributed by atoms with Crippen molar-refractivity contribution in [2.75, 3.05) is 4.72 Å². The highest BCUT2D eigenvalue weighted by Crippen LogP contribution is 2.24. The van der Waals surface area contributed by atoms with Gasteiger partial charge in [-0.3, -0.25) is 9.82 Å². The number of benzene rings is 1. The first-order chi connectivity index (χ1) is 9.85. The van der Waals surface area contributed by atoms with Gasteiger partial charge in [0.15, 0.2) is 5.03 Å². The normalized spacial score (nSPS) is 10.9. The number of aromatic nitrogens is 2. The molecule has 0 saturated carbocycles. The first-order valence-electron chi connectivity index (χ1n) is 5.34. The molecule has 8 nitrogen and oxygen atoms in total. The molecular formula is C11H7ClN4O4S. The van der Waals surface area contributed by atoms with E-state index in [0.29, 0.717) is 0 Å². The minimum atomic E-state index is -4.25. The van der Waals surface area contributed by atoms with Crippen molar-refractivity contribution in [2.24, 2.45) is 0 Å². The molecule has 0 saturated heterocycles. The topological polar surface area (TPSA) is 136 Å². The number of carbonyl (C=O) groups is 1. The van der Waals surface area contributed by atoms with Gasteiger partial charge in [0.1, 0.15) is 11.6 Å². The van der Waals surface area contributed by atoms with Crippen LogP contribution >= 0.6 is 11.6 Å². The third-order valence-corrected chi connectivity index (χ3v) is 4.02. The fourth-order valence-electron chi connectivity index (χ4n) is 1.53. The fraction of sp³-hybridized carbons (Fsp3) is 0. The third-order valence-electron chi connectivity index (χ3n) is 2.45. The number of hydrogen-bond acceptors (Lipinski definition) is 5. The van der Waals surface area contributed by atoms with Gasteiger partial charge in [-0.05, 0) is 18.2 Å². The van der Waals surface area contributed by atoms with E-state index in [1.165, 1.54) is 18.2 Å². The van der Waals surface area contributed by atoms with Crippen molar-refractivity contribution in [3.05, 3.63) is 40.5 Å². The van der Waals surface area contributed by atoms with Crippen molar-refractivity contribution in [1.82, 2.24) is 10.2 Å². The molecule has 10 heteroatoms. The van der Waals surface area contributed by atoms with Crippen LogP contribution in [0.2, 0.25) is 5.02 Å². The number of rotatable bonds is 4. The lowest BCUT2D eigenvalue weighted by Gasteiger charge is -2.09. The Hall–Kier alpha value is -2.57. The number of nitrogens with one attached hydrogen (secondary N) is 2. The fourth-order valence-corrected chi connectivity index (χ4v) is 2.86. The standard InChI is InChI=1S/C11H7ClN4O4S/c12-7-2-1-6(4-13)9(3-7)16-21(19,20)10-8(11(17)18)5-14-15-10/h1-3,5,16H,(H,14,15)(H,17,18). The molecule has 0 aliphatic rings. The zero-order valence-corrected chi connectivity index (χ0v) is 11.7. The predicted molar refractivity (Wildman–Crippen MR) is 72.5 cm³/mol. The van der Waals surface area contributed by atoms with E-state index in [9.17, 15) is 13.2 Å². The number of nitriles is 1. The van der Waals surface area contributed by atoms with Gasteiger partial charge in [0.25, 0.3) is 10.0 Å². The van der Waals surface area contributed by atoms with E-state index in [-0.39, 0.29) is 16.3 Å². The molecule has 0 unspecified atom stereocenters. The average molecular weight is 327 g/mol. The van der Waals surface area contributed by atoms with E-state index in [1.54, 1.807) is 6.07 Å². The minimum absolute atomic E-state index is 0.0411. The second-order valence-electron chi connectivity index (χ2n) is 3.83. The zero-order chi connectivity index (χ0) is 15.6. The molecule has 3 N–H and O–H groups in total. The van der Waals surface area contributed by atoms with E-state index in [2.05, 4.69) is 14.9 Å². The Morgan fingerprint density at radius 2 is 2.19 bits per heavy atom. The summed E-state index contributed by atoms with van der Waals surface area (Å²) in [4.78, 5) is 10.9. The monoisotopic (exact) mass is 326 g/mol. The molecule has 1 heterocycles. The Kier molecular flexibility index (Phi) is 3.84. The molecule has 2 rings (SSSR count). The molecule has 0 aliphatic heterocycles. The van der Waals surface area contributed by atoms with Gasteiger partial charge in [-0.2, -0.15) is 18.8 Å². The molecule has 0 aliphatic carbocycles. The van der Waals surface area contributed by atoms with Crippen LogP contribution in [-0.2, 0) is 10.0 Å². The van der Waals surface area contributed by atoms with Gasteiger partial charge in [0.05, 0.1) is 17.4 Å². The second kappa shape index (κ2) is 5.43. The number of nitrogens with zero attached hydrogens (tertiary/aromatic N) is 2. The Balaban J connectivity index is 2.48. The summed E-state index contributed by atoms with van der Waals surface area (Å²) in [5.74, 6) is -1.45. The predicted octanol–water partition coefficient (Wildman–Crippen LogP) is 1.43. The van der Waals surface area contributed by atoms with E-state index < -0.39 is 26.6 Å². The largest absolute Gasteiger partial charge is 0.478 e. The maximum absolute atomic E-state index is 12.2. The van der Waals surface area contributed by atoms with Crippen LogP contribution in [0.25, 0.3) is 0 Å². The Morgan fingerprint density at radius 1 is 1.48 bits per heavy atom. The summed E-state index contributed by atoms with van der Waals surface area (Å²) in [7, 11) is -4.25. The van der Waals surface area contributed by atoms with Crippen molar-refractivity contribution < 1.29 is 18.3 Å². The Morgan fingerprint density at radius 3 is 2.81 bits per heavy atom. The summed E-state index contributed by atoms with van der Waals surface area (Å²) in [6, 6.07) is 5.81. The van der Waals surface area contributed by atoms with Gasteiger partial charge in [-0.1, -0.05) is 11.6 Å². The van der Waals surface area contributed by atoms with Crippen molar-refractivity contribution in [3.8, 4) is 6.07 Å². The molecule has 108 valence electrons. The lowest BCUT2D eigenvalue weighted by Crippen LogP contribution is -2.17. The third kappa shape index (κ3) is 2.96. The Labute approximate surface area is 124 Å². The van der Waals surface area contributed by atoms with Crippen molar-refractivity contribution >= 4 is 33.3 Å². The number of aromatic carboxylic acids is 1. The van der Waals surface area contributed by atoms with Crippen LogP contribution in [0.5, 0.6) is 0 Å².